The summed E-state index contributed by atoms with van der Waals surface area (Å²) in [5, 5.41) is 17.1. The van der Waals surface area contributed by atoms with E-state index in [1.165, 1.54) is 0 Å². The molecule has 74 valence electrons. The zero-order valence-corrected chi connectivity index (χ0v) is 7.51. The average molecular weight is 187 g/mol. The van der Waals surface area contributed by atoms with E-state index in [-0.39, 0.29) is 0 Å². The first-order valence-corrected chi connectivity index (χ1v) is 4.29. The summed E-state index contributed by atoms with van der Waals surface area (Å²) >= 11 is 0. The van der Waals surface area contributed by atoms with Crippen LogP contribution in [0.2, 0.25) is 0 Å². The normalized spacial score (nSPS) is 19.8. The molecule has 0 spiro atoms. The van der Waals surface area contributed by atoms with Crippen LogP contribution in [0.4, 0.5) is 0 Å². The second-order valence-electron chi connectivity index (χ2n) is 2.82. The fraction of sp³-hybridized carbons (Fsp3) is 0.857. The summed E-state index contributed by atoms with van der Waals surface area (Å²) in [4.78, 5) is 15.3. The summed E-state index contributed by atoms with van der Waals surface area (Å²) in [6.07, 6.45) is 1.51. The van der Waals surface area contributed by atoms with Crippen molar-refractivity contribution in [3.63, 3.8) is 0 Å². The molecule has 1 unspecified atom stereocenters. The van der Waals surface area contributed by atoms with Gasteiger partial charge in [0, 0.05) is 18.4 Å². The number of hydroxylamine groups is 2. The molecule has 0 aromatic rings. The van der Waals surface area contributed by atoms with Gasteiger partial charge in [0.05, 0.1) is 0 Å². The molecule has 13 heavy (non-hydrogen) atoms. The number of carbonyl (C=O) groups is 1. The van der Waals surface area contributed by atoms with E-state index in [4.69, 9.17) is 10.0 Å². The van der Waals surface area contributed by atoms with E-state index in [0.717, 1.165) is 19.5 Å². The third-order valence-electron chi connectivity index (χ3n) is 1.83. The van der Waals surface area contributed by atoms with Crippen molar-refractivity contribution in [3.05, 3.63) is 0 Å². The van der Waals surface area contributed by atoms with Crippen LogP contribution in [0.15, 0.2) is 10.4 Å². The van der Waals surface area contributed by atoms with E-state index < -0.39 is 12.0 Å². The Balaban J connectivity index is 2.23. The summed E-state index contributed by atoms with van der Waals surface area (Å²) in [6, 6.07) is -0.790. The summed E-state index contributed by atoms with van der Waals surface area (Å²) in [6.45, 7) is 3.41. The SMILES string of the molecule is CCC(N=NON1CCC1)C(=O)O. The van der Waals surface area contributed by atoms with Crippen LogP contribution in [0.1, 0.15) is 19.8 Å². The second kappa shape index (κ2) is 4.76. The van der Waals surface area contributed by atoms with Gasteiger partial charge in [-0.25, -0.2) is 4.79 Å². The molecule has 0 aromatic carbocycles. The Morgan fingerprint density at radius 1 is 1.69 bits per heavy atom. The van der Waals surface area contributed by atoms with Crippen molar-refractivity contribution in [1.82, 2.24) is 5.06 Å². The largest absolute Gasteiger partial charge is 0.480 e. The van der Waals surface area contributed by atoms with Crippen LogP contribution in [-0.4, -0.2) is 35.3 Å². The first kappa shape index (κ1) is 9.91. The van der Waals surface area contributed by atoms with Crippen molar-refractivity contribution in [2.75, 3.05) is 13.1 Å². The van der Waals surface area contributed by atoms with Gasteiger partial charge >= 0.3 is 5.97 Å². The Morgan fingerprint density at radius 3 is 2.77 bits per heavy atom. The molecule has 1 aliphatic heterocycles. The van der Waals surface area contributed by atoms with E-state index in [0.29, 0.717) is 6.42 Å². The van der Waals surface area contributed by atoms with Crippen molar-refractivity contribution in [1.29, 1.82) is 0 Å². The topological polar surface area (TPSA) is 74.5 Å². The minimum atomic E-state index is -0.974. The molecule has 0 amide bonds. The van der Waals surface area contributed by atoms with Crippen molar-refractivity contribution in [2.45, 2.75) is 25.8 Å². The van der Waals surface area contributed by atoms with E-state index in [2.05, 4.69) is 10.4 Å². The minimum absolute atomic E-state index is 0.419. The van der Waals surface area contributed by atoms with Crippen molar-refractivity contribution >= 4 is 5.97 Å². The fourth-order valence-electron chi connectivity index (χ4n) is 0.804. The van der Waals surface area contributed by atoms with Gasteiger partial charge in [-0.1, -0.05) is 6.92 Å². The fourth-order valence-corrected chi connectivity index (χ4v) is 0.804. The highest BCUT2D eigenvalue weighted by Crippen LogP contribution is 2.07. The van der Waals surface area contributed by atoms with Crippen LogP contribution in [0.25, 0.3) is 0 Å². The number of carboxylic acid groups (broad SMARTS) is 1. The van der Waals surface area contributed by atoms with Gasteiger partial charge in [0.1, 0.15) is 0 Å². The molecule has 1 N–H and O–H groups in total. The Morgan fingerprint density at radius 2 is 2.38 bits per heavy atom. The van der Waals surface area contributed by atoms with Crippen molar-refractivity contribution < 1.29 is 14.8 Å². The lowest BCUT2D eigenvalue weighted by atomic mass is 10.2. The molecule has 0 aromatic heterocycles. The molecule has 6 nitrogen and oxygen atoms in total. The van der Waals surface area contributed by atoms with Gasteiger partial charge in [-0.05, 0) is 12.8 Å². The monoisotopic (exact) mass is 187 g/mol. The standard InChI is InChI=1S/C7H13N3O3/c1-2-6(7(11)12)8-9-13-10-4-3-5-10/h6H,2-5H2,1H3,(H,11,12). The maximum atomic E-state index is 10.5. The van der Waals surface area contributed by atoms with Crippen LogP contribution in [0, 0.1) is 0 Å². The molecule has 1 heterocycles. The molecule has 1 saturated heterocycles. The molecule has 0 aliphatic carbocycles. The van der Waals surface area contributed by atoms with Crippen LogP contribution >= 0.6 is 0 Å². The van der Waals surface area contributed by atoms with Crippen LogP contribution in [0.5, 0.6) is 0 Å². The highest BCUT2D eigenvalue weighted by Gasteiger charge is 2.16. The first-order valence-electron chi connectivity index (χ1n) is 4.29. The summed E-state index contributed by atoms with van der Waals surface area (Å²) < 4.78 is 0. The van der Waals surface area contributed by atoms with E-state index in [9.17, 15) is 4.79 Å². The Hall–Kier alpha value is -1.17. The van der Waals surface area contributed by atoms with E-state index >= 15 is 0 Å². The number of carboxylic acids is 1. The minimum Gasteiger partial charge on any atom is -0.480 e. The Labute approximate surface area is 76.1 Å². The lowest BCUT2D eigenvalue weighted by molar-refractivity contribution is -0.205. The lowest BCUT2D eigenvalue weighted by Gasteiger charge is -2.25. The van der Waals surface area contributed by atoms with Gasteiger partial charge in [0.25, 0.3) is 0 Å². The predicted octanol–water partition coefficient (Wildman–Crippen LogP) is 0.854. The zero-order chi connectivity index (χ0) is 9.68. The highest BCUT2D eigenvalue weighted by molar-refractivity contribution is 5.73. The molecule has 1 aliphatic rings. The lowest BCUT2D eigenvalue weighted by Crippen LogP contribution is -2.35. The average Bonchev–Trinajstić information content (AvgIpc) is 2.00. The summed E-state index contributed by atoms with van der Waals surface area (Å²) in [5.41, 5.74) is 0. The molecule has 0 radical (unpaired) electrons. The number of nitrogens with zero attached hydrogens (tertiary/aromatic N) is 3. The molecule has 1 rings (SSSR count). The molecular formula is C7H13N3O3. The van der Waals surface area contributed by atoms with Gasteiger partial charge in [-0.15, -0.1) is 10.2 Å². The highest BCUT2D eigenvalue weighted by atomic mass is 16.8. The smallest absolute Gasteiger partial charge is 0.330 e. The summed E-state index contributed by atoms with van der Waals surface area (Å²) in [5.74, 6) is -0.974. The van der Waals surface area contributed by atoms with Crippen molar-refractivity contribution in [2.24, 2.45) is 10.4 Å². The van der Waals surface area contributed by atoms with E-state index in [1.807, 2.05) is 0 Å². The Bertz CT molecular complexity index is 203. The molecule has 0 bridgehead atoms. The second-order valence-corrected chi connectivity index (χ2v) is 2.82. The molecule has 6 heteroatoms. The Kier molecular flexibility index (Phi) is 3.63. The third-order valence-corrected chi connectivity index (χ3v) is 1.83. The van der Waals surface area contributed by atoms with Crippen LogP contribution in [-0.2, 0) is 9.73 Å². The van der Waals surface area contributed by atoms with Gasteiger partial charge in [-0.3, -0.25) is 4.94 Å². The van der Waals surface area contributed by atoms with Crippen LogP contribution < -0.4 is 0 Å². The third kappa shape index (κ3) is 2.98. The zero-order valence-electron chi connectivity index (χ0n) is 7.51. The number of hydrogen-bond acceptors (Lipinski definition) is 5. The molecule has 1 atom stereocenters. The van der Waals surface area contributed by atoms with Crippen LogP contribution in [0.3, 0.4) is 0 Å². The number of rotatable bonds is 5. The van der Waals surface area contributed by atoms with E-state index in [1.54, 1.807) is 12.0 Å². The number of hydrogen-bond donors (Lipinski definition) is 1. The quantitative estimate of drug-likeness (QED) is 0.511. The molecule has 1 fully saturated rings. The maximum absolute atomic E-state index is 10.5. The maximum Gasteiger partial charge on any atom is 0.330 e. The molecular weight excluding hydrogens is 174 g/mol. The van der Waals surface area contributed by atoms with Gasteiger partial charge < -0.3 is 5.11 Å². The van der Waals surface area contributed by atoms with Gasteiger partial charge in [-0.2, -0.15) is 0 Å². The predicted molar refractivity (Wildman–Crippen MR) is 43.8 cm³/mol. The first-order chi connectivity index (χ1) is 6.24. The van der Waals surface area contributed by atoms with Crippen molar-refractivity contribution in [3.8, 4) is 0 Å². The summed E-state index contributed by atoms with van der Waals surface area (Å²) in [7, 11) is 0. The van der Waals surface area contributed by atoms with Gasteiger partial charge in [0.15, 0.2) is 6.04 Å². The van der Waals surface area contributed by atoms with Gasteiger partial charge in [0.2, 0.25) is 0 Å². The number of aliphatic carboxylic acids is 1. The molecule has 0 saturated carbocycles.